The Bertz CT molecular complexity index is 1320. The number of alkyl carbamates (subject to hydrolysis) is 1. The summed E-state index contributed by atoms with van der Waals surface area (Å²) in [6.45, 7) is -0.138. The highest BCUT2D eigenvalue weighted by molar-refractivity contribution is 7.92. The van der Waals surface area contributed by atoms with E-state index in [1.807, 2.05) is 6.07 Å². The highest BCUT2D eigenvalue weighted by Gasteiger charge is 2.57. The Labute approximate surface area is 208 Å². The molecule has 0 unspecified atom stereocenters. The minimum atomic E-state index is -3.92. The van der Waals surface area contributed by atoms with Gasteiger partial charge in [0.05, 0.1) is 26.7 Å². The Morgan fingerprint density at radius 1 is 1.14 bits per heavy atom. The first kappa shape index (κ1) is 23.6. The SMILES string of the molecule is N#CC1(NC(=O)O[C@H]2C[C@@H](S(=O)(=O)c3ccccc3Cl)CN2C(=O)C2(c3ccncc3)CC2)CC1. The third-order valence-corrected chi connectivity index (χ3v) is 9.63. The molecule has 0 bridgehead atoms. The second-order valence-electron chi connectivity index (χ2n) is 9.29. The lowest BCUT2D eigenvalue weighted by atomic mass is 9.95. The van der Waals surface area contributed by atoms with Crippen LogP contribution >= 0.6 is 11.6 Å². The van der Waals surface area contributed by atoms with E-state index < -0.39 is 38.4 Å². The van der Waals surface area contributed by atoms with Gasteiger partial charge in [-0.15, -0.1) is 0 Å². The van der Waals surface area contributed by atoms with Crippen molar-refractivity contribution in [3.63, 3.8) is 0 Å². The van der Waals surface area contributed by atoms with Gasteiger partial charge in [0.1, 0.15) is 5.54 Å². The van der Waals surface area contributed by atoms with Crippen molar-refractivity contribution in [1.82, 2.24) is 15.2 Å². The molecule has 11 heteroatoms. The maximum absolute atomic E-state index is 13.8. The van der Waals surface area contributed by atoms with Crippen LogP contribution in [0.2, 0.25) is 5.02 Å². The van der Waals surface area contributed by atoms with Crippen LogP contribution < -0.4 is 5.32 Å². The number of amides is 2. The zero-order valence-corrected chi connectivity index (χ0v) is 20.3. The zero-order valence-electron chi connectivity index (χ0n) is 18.7. The Hall–Kier alpha value is -3.16. The number of rotatable bonds is 6. The molecule has 3 fully saturated rings. The summed E-state index contributed by atoms with van der Waals surface area (Å²) in [5.74, 6) is -0.292. The van der Waals surface area contributed by atoms with Crippen LogP contribution in [0.25, 0.3) is 0 Å². The number of sulfone groups is 1. The monoisotopic (exact) mass is 514 g/mol. The van der Waals surface area contributed by atoms with Crippen LogP contribution in [-0.4, -0.2) is 53.9 Å². The number of hydrogen-bond donors (Lipinski definition) is 1. The fourth-order valence-electron chi connectivity index (χ4n) is 4.60. The first-order valence-corrected chi connectivity index (χ1v) is 13.2. The van der Waals surface area contributed by atoms with Crippen LogP contribution in [0.15, 0.2) is 53.7 Å². The van der Waals surface area contributed by atoms with Gasteiger partial charge in [0, 0.05) is 25.4 Å². The molecule has 2 atom stereocenters. The molecule has 9 nitrogen and oxygen atoms in total. The van der Waals surface area contributed by atoms with E-state index in [0.717, 1.165) is 5.56 Å². The molecule has 182 valence electrons. The van der Waals surface area contributed by atoms with Gasteiger partial charge < -0.3 is 15.0 Å². The lowest BCUT2D eigenvalue weighted by molar-refractivity contribution is -0.140. The highest BCUT2D eigenvalue weighted by Crippen LogP contribution is 2.50. The molecule has 2 heterocycles. The predicted molar refractivity (Wildman–Crippen MR) is 125 cm³/mol. The first-order valence-electron chi connectivity index (χ1n) is 11.3. The number of benzene rings is 1. The average molecular weight is 515 g/mol. The second-order valence-corrected chi connectivity index (χ2v) is 11.9. The van der Waals surface area contributed by atoms with Gasteiger partial charge in [0.2, 0.25) is 5.91 Å². The standard InChI is InChI=1S/C24H23ClN4O5S/c25-18-3-1-2-4-19(18)35(32,33)17-13-20(34-22(31)28-23(15-26)7-8-23)29(14-17)21(30)24(9-10-24)16-5-11-27-12-6-16/h1-6,11-12,17,20H,7-10,13-14H2,(H,28,31)/t17-,20+/m1/s1. The average Bonchev–Trinajstić information content (AvgIpc) is 3.77. The third-order valence-electron chi connectivity index (χ3n) is 7.00. The predicted octanol–water partition coefficient (Wildman–Crippen LogP) is 2.95. The summed E-state index contributed by atoms with van der Waals surface area (Å²) in [4.78, 5) is 31.7. The number of pyridine rings is 1. The number of likely N-dealkylation sites (tertiary alicyclic amines) is 1. The van der Waals surface area contributed by atoms with E-state index in [0.29, 0.717) is 25.7 Å². The van der Waals surface area contributed by atoms with Crippen LogP contribution in [0.1, 0.15) is 37.7 Å². The van der Waals surface area contributed by atoms with Crippen molar-refractivity contribution in [2.75, 3.05) is 6.54 Å². The molecule has 1 aromatic carbocycles. The number of halogens is 1. The molecule has 0 radical (unpaired) electrons. The maximum atomic E-state index is 13.8. The van der Waals surface area contributed by atoms with Crippen molar-refractivity contribution < 1.29 is 22.7 Å². The molecule has 2 aliphatic carbocycles. The number of carbonyl (C=O) groups excluding carboxylic acids is 2. The van der Waals surface area contributed by atoms with Gasteiger partial charge in [-0.25, -0.2) is 13.2 Å². The molecular weight excluding hydrogens is 492 g/mol. The Morgan fingerprint density at radius 3 is 2.43 bits per heavy atom. The van der Waals surface area contributed by atoms with Gasteiger partial charge in [-0.05, 0) is 55.5 Å². The topological polar surface area (TPSA) is 129 Å². The van der Waals surface area contributed by atoms with Crippen LogP contribution in [-0.2, 0) is 24.8 Å². The van der Waals surface area contributed by atoms with Crippen molar-refractivity contribution >= 4 is 33.4 Å². The quantitative estimate of drug-likeness (QED) is 0.627. The fourth-order valence-corrected chi connectivity index (χ4v) is 6.80. The van der Waals surface area contributed by atoms with Crippen molar-refractivity contribution in [2.24, 2.45) is 0 Å². The fraction of sp³-hybridized carbons (Fsp3) is 0.417. The van der Waals surface area contributed by atoms with Crippen molar-refractivity contribution in [2.45, 2.75) is 59.4 Å². The van der Waals surface area contributed by atoms with Gasteiger partial charge in [-0.1, -0.05) is 23.7 Å². The molecule has 5 rings (SSSR count). The highest BCUT2D eigenvalue weighted by atomic mass is 35.5. The van der Waals surface area contributed by atoms with Crippen LogP contribution in [0.5, 0.6) is 0 Å². The zero-order chi connectivity index (χ0) is 24.8. The third kappa shape index (κ3) is 4.23. The molecule has 1 saturated heterocycles. The van der Waals surface area contributed by atoms with Crippen molar-refractivity contribution in [3.8, 4) is 6.07 Å². The number of carbonyl (C=O) groups is 2. The minimum absolute atomic E-state index is 0.0270. The van der Waals surface area contributed by atoms with Crippen LogP contribution in [0.3, 0.4) is 0 Å². The molecule has 0 spiro atoms. The van der Waals surface area contributed by atoms with E-state index in [-0.39, 0.29) is 28.8 Å². The molecule has 3 aliphatic rings. The molecule has 35 heavy (non-hydrogen) atoms. The first-order chi connectivity index (χ1) is 16.7. The number of nitriles is 1. The number of nitrogens with one attached hydrogen (secondary N) is 1. The summed E-state index contributed by atoms with van der Waals surface area (Å²) < 4.78 is 32.5. The molecule has 1 N–H and O–H groups in total. The van der Waals surface area contributed by atoms with E-state index >= 15 is 0 Å². The lowest BCUT2D eigenvalue weighted by Crippen LogP contribution is -2.46. The number of hydrogen-bond acceptors (Lipinski definition) is 7. The van der Waals surface area contributed by atoms with E-state index in [1.54, 1.807) is 36.7 Å². The summed E-state index contributed by atoms with van der Waals surface area (Å²) in [5, 5.41) is 10.9. The van der Waals surface area contributed by atoms with E-state index in [2.05, 4.69) is 10.3 Å². The van der Waals surface area contributed by atoms with Crippen molar-refractivity contribution in [1.29, 1.82) is 5.26 Å². The summed E-state index contributed by atoms with van der Waals surface area (Å²) in [5.41, 5.74) is -0.962. The minimum Gasteiger partial charge on any atom is -0.425 e. The smallest absolute Gasteiger partial charge is 0.410 e. The van der Waals surface area contributed by atoms with Gasteiger partial charge in [-0.3, -0.25) is 9.78 Å². The Balaban J connectivity index is 1.43. The van der Waals surface area contributed by atoms with E-state index in [4.69, 9.17) is 16.3 Å². The number of ether oxygens (including phenoxy) is 1. The molecule has 1 aromatic heterocycles. The molecule has 2 aromatic rings. The normalized spacial score (nSPS) is 23.7. The lowest BCUT2D eigenvalue weighted by Gasteiger charge is -2.29. The van der Waals surface area contributed by atoms with E-state index in [9.17, 15) is 23.3 Å². The van der Waals surface area contributed by atoms with Crippen molar-refractivity contribution in [3.05, 3.63) is 59.4 Å². The summed E-state index contributed by atoms with van der Waals surface area (Å²) in [6, 6.07) is 11.7. The van der Waals surface area contributed by atoms with E-state index in [1.165, 1.54) is 17.0 Å². The van der Waals surface area contributed by atoms with Gasteiger partial charge in [0.25, 0.3) is 0 Å². The molecule has 2 amide bonds. The maximum Gasteiger partial charge on any atom is 0.410 e. The van der Waals surface area contributed by atoms with Crippen LogP contribution in [0, 0.1) is 11.3 Å². The number of nitrogens with zero attached hydrogens (tertiary/aromatic N) is 3. The second kappa shape index (κ2) is 8.50. The number of aromatic nitrogens is 1. The van der Waals surface area contributed by atoms with Crippen LogP contribution in [0.4, 0.5) is 4.79 Å². The largest absolute Gasteiger partial charge is 0.425 e. The molecular formula is C24H23ClN4O5S. The summed E-state index contributed by atoms with van der Waals surface area (Å²) in [6.07, 6.45) is 3.40. The summed E-state index contributed by atoms with van der Waals surface area (Å²) >= 11 is 6.17. The molecule has 1 aliphatic heterocycles. The summed E-state index contributed by atoms with van der Waals surface area (Å²) in [7, 11) is -3.92. The van der Waals surface area contributed by atoms with Gasteiger partial charge in [0.15, 0.2) is 16.1 Å². The molecule has 2 saturated carbocycles. The van der Waals surface area contributed by atoms with Gasteiger partial charge >= 0.3 is 6.09 Å². The Kier molecular flexibility index (Phi) is 5.73. The Morgan fingerprint density at radius 2 is 1.83 bits per heavy atom. The van der Waals surface area contributed by atoms with Gasteiger partial charge in [-0.2, -0.15) is 5.26 Å².